The first-order valence-corrected chi connectivity index (χ1v) is 10.4. The molecule has 0 aliphatic heterocycles. The van der Waals surface area contributed by atoms with Gasteiger partial charge in [0, 0.05) is 44.1 Å². The van der Waals surface area contributed by atoms with Gasteiger partial charge in [0.15, 0.2) is 0 Å². The molecule has 0 fully saturated rings. The van der Waals surface area contributed by atoms with Crippen LogP contribution in [0, 0.1) is 30.7 Å². The number of halogens is 2. The first kappa shape index (κ1) is 25.1. The summed E-state index contributed by atoms with van der Waals surface area (Å²) in [4.78, 5) is 8.47. The molecule has 0 aliphatic rings. The fraction of sp³-hybridized carbons (Fsp3) is 0.0345. The Bertz CT molecular complexity index is 1250. The van der Waals surface area contributed by atoms with E-state index in [1.165, 1.54) is 17.2 Å². The Morgan fingerprint density at radius 3 is 2.18 bits per heavy atom. The van der Waals surface area contributed by atoms with E-state index >= 15 is 0 Å². The van der Waals surface area contributed by atoms with E-state index in [2.05, 4.69) is 40.3 Å². The first-order valence-electron chi connectivity index (χ1n) is 10.4. The number of hydrogen-bond acceptors (Lipinski definition) is 2. The van der Waals surface area contributed by atoms with E-state index in [0.717, 1.165) is 22.9 Å². The summed E-state index contributed by atoms with van der Waals surface area (Å²) in [5.41, 5.74) is 6.20. The topological polar surface area (TPSA) is 25.8 Å². The zero-order valence-corrected chi connectivity index (χ0v) is 20.7. The van der Waals surface area contributed by atoms with Crippen LogP contribution in [0.4, 0.5) is 8.78 Å². The molecule has 2 aromatic heterocycles. The zero-order chi connectivity index (χ0) is 23.0. The molecule has 0 N–H and O–H groups in total. The summed E-state index contributed by atoms with van der Waals surface area (Å²) in [6.45, 7) is 1.90. The van der Waals surface area contributed by atoms with Crippen molar-refractivity contribution in [1.82, 2.24) is 9.97 Å². The average molecular weight is 627 g/mol. The smallest absolute Gasteiger partial charge is 0.0446 e. The number of nitrogens with zero attached hydrogens (tertiary/aromatic N) is 2. The molecule has 5 aromatic rings. The summed E-state index contributed by atoms with van der Waals surface area (Å²) in [6.07, 6.45) is 3.49. The third kappa shape index (κ3) is 6.74. The van der Waals surface area contributed by atoms with Crippen molar-refractivity contribution in [2.45, 2.75) is 6.92 Å². The van der Waals surface area contributed by atoms with Crippen LogP contribution in [-0.4, -0.2) is 9.97 Å². The molecule has 2 nitrogen and oxygen atoms in total. The maximum Gasteiger partial charge on any atom is 0.0446 e. The van der Waals surface area contributed by atoms with Crippen LogP contribution in [0.15, 0.2) is 103 Å². The van der Waals surface area contributed by atoms with Crippen LogP contribution in [0.5, 0.6) is 0 Å². The molecular formula is C29H20F2IrN2-2. The summed E-state index contributed by atoms with van der Waals surface area (Å²) >= 11 is 0. The summed E-state index contributed by atoms with van der Waals surface area (Å²) in [5.74, 6) is -1.34. The van der Waals surface area contributed by atoms with E-state index < -0.39 is 11.6 Å². The number of hydrogen-bond donors (Lipinski definition) is 0. The monoisotopic (exact) mass is 627 g/mol. The van der Waals surface area contributed by atoms with Crippen LogP contribution in [0.1, 0.15) is 5.56 Å². The molecule has 2 heterocycles. The maximum atomic E-state index is 12.9. The Morgan fingerprint density at radius 2 is 1.50 bits per heavy atom. The second kappa shape index (κ2) is 12.1. The fourth-order valence-corrected chi connectivity index (χ4v) is 3.21. The Morgan fingerprint density at radius 1 is 0.706 bits per heavy atom. The second-order valence-corrected chi connectivity index (χ2v) is 7.35. The van der Waals surface area contributed by atoms with Gasteiger partial charge in [-0.3, -0.25) is 0 Å². The van der Waals surface area contributed by atoms with Crippen LogP contribution >= 0.6 is 0 Å². The summed E-state index contributed by atoms with van der Waals surface area (Å²) in [7, 11) is 0. The van der Waals surface area contributed by atoms with Crippen molar-refractivity contribution >= 4 is 0 Å². The van der Waals surface area contributed by atoms with Gasteiger partial charge >= 0.3 is 0 Å². The number of benzene rings is 3. The third-order valence-electron chi connectivity index (χ3n) is 4.84. The molecule has 0 aliphatic carbocycles. The minimum atomic E-state index is -0.715. The van der Waals surface area contributed by atoms with Crippen molar-refractivity contribution in [2.75, 3.05) is 0 Å². The minimum Gasteiger partial charge on any atom is -0.305 e. The van der Waals surface area contributed by atoms with Crippen molar-refractivity contribution in [1.29, 1.82) is 0 Å². The molecule has 5 rings (SSSR count). The predicted molar refractivity (Wildman–Crippen MR) is 127 cm³/mol. The van der Waals surface area contributed by atoms with Crippen molar-refractivity contribution < 1.29 is 28.9 Å². The van der Waals surface area contributed by atoms with Gasteiger partial charge in [-0.2, -0.15) is 0 Å². The summed E-state index contributed by atoms with van der Waals surface area (Å²) in [5, 5.41) is 0. The number of rotatable bonds is 3. The van der Waals surface area contributed by atoms with Gasteiger partial charge in [-0.05, 0) is 41.1 Å². The normalized spacial score (nSPS) is 9.97. The standard InChI is InChI=1S/C17H12N.C12H8F2N.Ir/c1-3-7-14(8-4-1)16-11-12-18-17(13-16)15-9-5-2-6-10-15;1-8-2-3-12(15-7-8)9-4-10(13)6-11(14)5-9;/h1-9,11-13H;2-4,6-7H,1H3;/q2*-1;. The average Bonchev–Trinajstić information content (AvgIpc) is 2.85. The molecule has 0 unspecified atom stereocenters. The fourth-order valence-electron chi connectivity index (χ4n) is 3.21. The molecule has 0 atom stereocenters. The quantitative estimate of drug-likeness (QED) is 0.196. The summed E-state index contributed by atoms with van der Waals surface area (Å²) < 4.78 is 25.8. The van der Waals surface area contributed by atoms with E-state index in [0.29, 0.717) is 11.3 Å². The Labute approximate surface area is 211 Å². The van der Waals surface area contributed by atoms with Gasteiger partial charge in [0.2, 0.25) is 0 Å². The van der Waals surface area contributed by atoms with Crippen molar-refractivity contribution in [3.8, 4) is 33.6 Å². The van der Waals surface area contributed by atoms with Gasteiger partial charge < -0.3 is 9.97 Å². The molecule has 0 bridgehead atoms. The van der Waals surface area contributed by atoms with Crippen LogP contribution in [-0.2, 0) is 20.1 Å². The van der Waals surface area contributed by atoms with E-state index in [1.807, 2.05) is 67.7 Å². The number of pyridine rings is 2. The molecule has 1 radical (unpaired) electrons. The van der Waals surface area contributed by atoms with Crippen molar-refractivity contribution in [3.63, 3.8) is 0 Å². The molecule has 171 valence electrons. The molecule has 0 spiro atoms. The molecule has 3 aromatic carbocycles. The van der Waals surface area contributed by atoms with Crippen LogP contribution in [0.25, 0.3) is 33.6 Å². The van der Waals surface area contributed by atoms with Gasteiger partial charge in [-0.15, -0.1) is 53.6 Å². The number of aromatic nitrogens is 2. The van der Waals surface area contributed by atoms with Gasteiger partial charge in [0.05, 0.1) is 0 Å². The van der Waals surface area contributed by atoms with Crippen LogP contribution in [0.3, 0.4) is 0 Å². The molecule has 0 amide bonds. The maximum absolute atomic E-state index is 12.9. The van der Waals surface area contributed by atoms with Crippen molar-refractivity contribution in [3.05, 3.63) is 133 Å². The minimum absolute atomic E-state index is 0. The van der Waals surface area contributed by atoms with Gasteiger partial charge in [0.1, 0.15) is 0 Å². The van der Waals surface area contributed by atoms with Crippen LogP contribution < -0.4 is 0 Å². The van der Waals surface area contributed by atoms with E-state index in [9.17, 15) is 8.78 Å². The first-order chi connectivity index (χ1) is 16.1. The predicted octanol–water partition coefficient (Wildman–Crippen LogP) is 7.35. The van der Waals surface area contributed by atoms with E-state index in [1.54, 1.807) is 12.3 Å². The summed E-state index contributed by atoms with van der Waals surface area (Å²) in [6, 6.07) is 33.5. The Balaban J connectivity index is 0.000000188. The zero-order valence-electron chi connectivity index (χ0n) is 18.3. The van der Waals surface area contributed by atoms with Crippen molar-refractivity contribution in [2.24, 2.45) is 0 Å². The third-order valence-corrected chi connectivity index (χ3v) is 4.84. The van der Waals surface area contributed by atoms with Gasteiger partial charge in [0.25, 0.3) is 0 Å². The van der Waals surface area contributed by atoms with E-state index in [-0.39, 0.29) is 20.1 Å². The molecule has 0 saturated carbocycles. The second-order valence-electron chi connectivity index (χ2n) is 7.35. The molecule has 0 saturated heterocycles. The largest absolute Gasteiger partial charge is 0.305 e. The number of aryl methyl sites for hydroxylation is 1. The van der Waals surface area contributed by atoms with Gasteiger partial charge in [-0.25, -0.2) is 8.78 Å². The Kier molecular flexibility index (Phi) is 8.92. The Hall–Kier alpha value is -3.53. The van der Waals surface area contributed by atoms with Gasteiger partial charge in [-0.1, -0.05) is 54.6 Å². The SMILES string of the molecule is Cc1ccc(-c2[c-]c(F)cc(F)c2)nc1.[Ir].[c-]1ccccc1-c1cc(-c2ccccc2)ccn1. The molecule has 5 heteroatoms. The molecular weight excluding hydrogens is 607 g/mol. The van der Waals surface area contributed by atoms with E-state index in [4.69, 9.17) is 0 Å². The van der Waals surface area contributed by atoms with Crippen LogP contribution in [0.2, 0.25) is 0 Å². The molecule has 34 heavy (non-hydrogen) atoms.